The molecule has 0 amide bonds. The fourth-order valence-corrected chi connectivity index (χ4v) is 2.92. The molecule has 0 heterocycles. The zero-order valence-corrected chi connectivity index (χ0v) is 13.0. The lowest BCUT2D eigenvalue weighted by atomic mass is 9.82. The maximum absolute atomic E-state index is 10.6. The minimum atomic E-state index is -1.96. The van der Waals surface area contributed by atoms with Crippen molar-refractivity contribution < 1.29 is 14.9 Å². The van der Waals surface area contributed by atoms with E-state index in [4.69, 9.17) is 16.3 Å². The normalized spacial score (nSPS) is 18.1. The molecule has 0 aromatic heterocycles. The number of hydrogen-bond acceptors (Lipinski definition) is 3. The SMILES string of the molecule is COc1ccc2c(c1)CC/C(=C\c1ccc(Cl)cc1)C2(O)O. The number of aryl methyl sites for hydroxylation is 1. The number of benzene rings is 2. The van der Waals surface area contributed by atoms with Crippen molar-refractivity contribution in [3.8, 4) is 5.75 Å². The third kappa shape index (κ3) is 2.75. The van der Waals surface area contributed by atoms with E-state index in [9.17, 15) is 10.2 Å². The van der Waals surface area contributed by atoms with Crippen molar-refractivity contribution in [3.05, 3.63) is 69.8 Å². The Morgan fingerprint density at radius 2 is 1.82 bits per heavy atom. The summed E-state index contributed by atoms with van der Waals surface area (Å²) < 4.78 is 5.19. The van der Waals surface area contributed by atoms with Crippen LogP contribution >= 0.6 is 11.6 Å². The third-order valence-electron chi connectivity index (χ3n) is 4.01. The van der Waals surface area contributed by atoms with Crippen molar-refractivity contribution in [1.82, 2.24) is 0 Å². The Morgan fingerprint density at radius 1 is 1.09 bits per heavy atom. The minimum absolute atomic E-state index is 0.514. The average Bonchev–Trinajstić information content (AvgIpc) is 2.51. The Bertz CT molecular complexity index is 718. The summed E-state index contributed by atoms with van der Waals surface area (Å²) in [4.78, 5) is 0. The lowest BCUT2D eigenvalue weighted by Crippen LogP contribution is -2.32. The quantitative estimate of drug-likeness (QED) is 0.834. The Hall–Kier alpha value is -1.81. The Kier molecular flexibility index (Phi) is 3.96. The first kappa shape index (κ1) is 15.1. The van der Waals surface area contributed by atoms with Crippen molar-refractivity contribution in [3.63, 3.8) is 0 Å². The van der Waals surface area contributed by atoms with Gasteiger partial charge in [0, 0.05) is 10.6 Å². The molecule has 1 aliphatic rings. The van der Waals surface area contributed by atoms with E-state index in [1.165, 1.54) is 0 Å². The van der Waals surface area contributed by atoms with Crippen LogP contribution in [-0.2, 0) is 12.2 Å². The molecule has 0 bridgehead atoms. The minimum Gasteiger partial charge on any atom is -0.497 e. The highest BCUT2D eigenvalue weighted by Crippen LogP contribution is 2.39. The van der Waals surface area contributed by atoms with E-state index < -0.39 is 5.79 Å². The number of fused-ring (bicyclic) bond motifs is 1. The molecule has 2 N–H and O–H groups in total. The summed E-state index contributed by atoms with van der Waals surface area (Å²) in [5.41, 5.74) is 2.88. The molecule has 3 nitrogen and oxygen atoms in total. The topological polar surface area (TPSA) is 49.7 Å². The second-order valence-corrected chi connectivity index (χ2v) is 5.85. The predicted octanol–water partition coefficient (Wildman–Crippen LogP) is 3.52. The van der Waals surface area contributed by atoms with Crippen LogP contribution in [0.25, 0.3) is 6.08 Å². The molecule has 0 spiro atoms. The van der Waals surface area contributed by atoms with Gasteiger partial charge >= 0.3 is 0 Å². The summed E-state index contributed by atoms with van der Waals surface area (Å²) >= 11 is 5.87. The Balaban J connectivity index is 2.00. The average molecular weight is 317 g/mol. The van der Waals surface area contributed by atoms with Crippen LogP contribution < -0.4 is 4.74 Å². The first-order chi connectivity index (χ1) is 10.5. The van der Waals surface area contributed by atoms with Gasteiger partial charge in [0.25, 0.3) is 0 Å². The van der Waals surface area contributed by atoms with Crippen molar-refractivity contribution in [2.75, 3.05) is 7.11 Å². The number of halogens is 1. The molecule has 2 aromatic rings. The number of methoxy groups -OCH3 is 1. The summed E-state index contributed by atoms with van der Waals surface area (Å²) in [6, 6.07) is 12.6. The molecule has 1 aliphatic carbocycles. The van der Waals surface area contributed by atoms with E-state index in [0.717, 1.165) is 23.3 Å². The van der Waals surface area contributed by atoms with E-state index in [1.807, 2.05) is 24.3 Å². The largest absolute Gasteiger partial charge is 0.497 e. The maximum Gasteiger partial charge on any atom is 0.213 e. The summed E-state index contributed by atoms with van der Waals surface area (Å²) in [6.45, 7) is 0. The van der Waals surface area contributed by atoms with Crippen LogP contribution in [-0.4, -0.2) is 17.3 Å². The first-order valence-corrected chi connectivity index (χ1v) is 7.47. The lowest BCUT2D eigenvalue weighted by Gasteiger charge is -2.32. The zero-order valence-electron chi connectivity index (χ0n) is 12.2. The van der Waals surface area contributed by atoms with Gasteiger partial charge in [-0.3, -0.25) is 0 Å². The van der Waals surface area contributed by atoms with E-state index >= 15 is 0 Å². The fraction of sp³-hybridized carbons (Fsp3) is 0.222. The second-order valence-electron chi connectivity index (χ2n) is 5.42. The van der Waals surface area contributed by atoms with Crippen LogP contribution in [0.5, 0.6) is 5.75 Å². The molecule has 22 heavy (non-hydrogen) atoms. The van der Waals surface area contributed by atoms with Crippen molar-refractivity contribution in [1.29, 1.82) is 0 Å². The summed E-state index contributed by atoms with van der Waals surface area (Å²) in [5, 5.41) is 21.8. The van der Waals surface area contributed by atoms with Crippen LogP contribution in [0.2, 0.25) is 5.02 Å². The summed E-state index contributed by atoms with van der Waals surface area (Å²) in [5.74, 6) is -1.24. The van der Waals surface area contributed by atoms with Gasteiger partial charge in [0.15, 0.2) is 0 Å². The Morgan fingerprint density at radius 3 is 2.50 bits per heavy atom. The van der Waals surface area contributed by atoms with Crippen LogP contribution in [0.15, 0.2) is 48.0 Å². The number of ether oxygens (including phenoxy) is 1. The highest BCUT2D eigenvalue weighted by molar-refractivity contribution is 6.30. The second kappa shape index (κ2) is 5.76. The maximum atomic E-state index is 10.6. The van der Waals surface area contributed by atoms with Crippen molar-refractivity contribution in [2.45, 2.75) is 18.6 Å². The molecule has 0 aliphatic heterocycles. The highest BCUT2D eigenvalue weighted by atomic mass is 35.5. The van der Waals surface area contributed by atoms with Gasteiger partial charge in [0.2, 0.25) is 5.79 Å². The van der Waals surface area contributed by atoms with E-state index in [1.54, 1.807) is 31.4 Å². The molecule has 3 rings (SSSR count). The van der Waals surface area contributed by atoms with Gasteiger partial charge in [-0.05, 0) is 59.9 Å². The highest BCUT2D eigenvalue weighted by Gasteiger charge is 2.36. The summed E-state index contributed by atoms with van der Waals surface area (Å²) in [7, 11) is 1.60. The van der Waals surface area contributed by atoms with Gasteiger partial charge in [-0.25, -0.2) is 0 Å². The van der Waals surface area contributed by atoms with Crippen molar-refractivity contribution >= 4 is 17.7 Å². The summed E-state index contributed by atoms with van der Waals surface area (Å²) in [6.07, 6.45) is 3.13. The predicted molar refractivity (Wildman–Crippen MR) is 86.9 cm³/mol. The molecule has 0 unspecified atom stereocenters. The molecule has 0 fully saturated rings. The van der Waals surface area contributed by atoms with Crippen LogP contribution in [0, 0.1) is 0 Å². The molecule has 0 radical (unpaired) electrons. The van der Waals surface area contributed by atoms with Gasteiger partial charge in [-0.1, -0.05) is 29.8 Å². The molecule has 4 heteroatoms. The Labute approximate surface area is 134 Å². The van der Waals surface area contributed by atoms with Gasteiger partial charge < -0.3 is 14.9 Å². The van der Waals surface area contributed by atoms with Gasteiger partial charge in [-0.2, -0.15) is 0 Å². The molecule has 114 valence electrons. The molecule has 0 saturated carbocycles. The fourth-order valence-electron chi connectivity index (χ4n) is 2.79. The smallest absolute Gasteiger partial charge is 0.213 e. The standard InChI is InChI=1S/C18H17ClO3/c1-22-16-8-9-17-13(11-16)4-5-14(18(17,20)21)10-12-2-6-15(19)7-3-12/h2-3,6-11,20-21H,4-5H2,1H3/b14-10+. The molecular formula is C18H17ClO3. The number of aliphatic hydroxyl groups is 2. The zero-order chi connectivity index (χ0) is 15.7. The van der Waals surface area contributed by atoms with Crippen LogP contribution in [0.4, 0.5) is 0 Å². The van der Waals surface area contributed by atoms with Gasteiger partial charge in [0.1, 0.15) is 5.75 Å². The lowest BCUT2D eigenvalue weighted by molar-refractivity contribution is -0.140. The first-order valence-electron chi connectivity index (χ1n) is 7.09. The van der Waals surface area contributed by atoms with Crippen LogP contribution in [0.3, 0.4) is 0 Å². The monoisotopic (exact) mass is 316 g/mol. The van der Waals surface area contributed by atoms with E-state index in [0.29, 0.717) is 22.6 Å². The number of rotatable bonds is 2. The van der Waals surface area contributed by atoms with E-state index in [2.05, 4.69) is 0 Å². The number of hydrogen-bond donors (Lipinski definition) is 2. The molecular weight excluding hydrogens is 300 g/mol. The molecule has 2 aromatic carbocycles. The third-order valence-corrected chi connectivity index (χ3v) is 4.26. The van der Waals surface area contributed by atoms with Gasteiger partial charge in [-0.15, -0.1) is 0 Å². The van der Waals surface area contributed by atoms with E-state index in [-0.39, 0.29) is 0 Å². The van der Waals surface area contributed by atoms with Gasteiger partial charge in [0.05, 0.1) is 7.11 Å². The molecule has 0 atom stereocenters. The van der Waals surface area contributed by atoms with Crippen LogP contribution in [0.1, 0.15) is 23.1 Å². The van der Waals surface area contributed by atoms with Crippen molar-refractivity contribution in [2.24, 2.45) is 0 Å². The molecule has 0 saturated heterocycles.